The molecule has 2 heterocycles. The summed E-state index contributed by atoms with van der Waals surface area (Å²) in [6.45, 7) is 10.1. The molecule has 3 heteroatoms. The zero-order chi connectivity index (χ0) is 11.7. The van der Waals surface area contributed by atoms with Crippen LogP contribution in [0, 0.1) is 0 Å². The SMILES string of the molecule is CCC1(CN2CCN(C3CC3)CC2)CCCN1. The lowest BCUT2D eigenvalue weighted by molar-refractivity contribution is 0.0989. The first kappa shape index (κ1) is 11.9. The molecule has 17 heavy (non-hydrogen) atoms. The molecule has 1 unspecified atom stereocenters. The normalized spacial score (nSPS) is 36.5. The Morgan fingerprint density at radius 3 is 2.47 bits per heavy atom. The van der Waals surface area contributed by atoms with Crippen LogP contribution in [0.5, 0.6) is 0 Å². The van der Waals surface area contributed by atoms with Crippen molar-refractivity contribution in [3.05, 3.63) is 0 Å². The standard InChI is InChI=1S/C14H27N3/c1-2-14(6-3-7-15-14)12-16-8-10-17(11-9-16)13-4-5-13/h13,15H,2-12H2,1H3. The molecule has 98 valence electrons. The fourth-order valence-corrected chi connectivity index (χ4v) is 3.57. The molecule has 2 aliphatic heterocycles. The average molecular weight is 237 g/mol. The summed E-state index contributed by atoms with van der Waals surface area (Å²) in [5.74, 6) is 0. The zero-order valence-corrected chi connectivity index (χ0v) is 11.2. The van der Waals surface area contributed by atoms with Crippen LogP contribution in [-0.4, -0.2) is 60.6 Å². The van der Waals surface area contributed by atoms with E-state index in [-0.39, 0.29) is 0 Å². The lowest BCUT2D eigenvalue weighted by Crippen LogP contribution is -2.55. The van der Waals surface area contributed by atoms with Gasteiger partial charge in [0, 0.05) is 44.3 Å². The molecule has 3 rings (SSSR count). The van der Waals surface area contributed by atoms with Crippen molar-refractivity contribution in [3.63, 3.8) is 0 Å². The third-order valence-electron chi connectivity index (χ3n) is 5.01. The van der Waals surface area contributed by atoms with Gasteiger partial charge < -0.3 is 5.32 Å². The van der Waals surface area contributed by atoms with E-state index in [1.165, 1.54) is 71.4 Å². The van der Waals surface area contributed by atoms with Crippen molar-refractivity contribution in [3.8, 4) is 0 Å². The second-order valence-electron chi connectivity index (χ2n) is 6.21. The molecule has 0 spiro atoms. The topological polar surface area (TPSA) is 18.5 Å². The second-order valence-corrected chi connectivity index (χ2v) is 6.21. The number of rotatable bonds is 4. The number of hydrogen-bond donors (Lipinski definition) is 1. The molecular weight excluding hydrogens is 210 g/mol. The van der Waals surface area contributed by atoms with Gasteiger partial charge in [0.1, 0.15) is 0 Å². The smallest absolute Gasteiger partial charge is 0.0306 e. The van der Waals surface area contributed by atoms with Gasteiger partial charge in [-0.25, -0.2) is 0 Å². The maximum atomic E-state index is 3.76. The largest absolute Gasteiger partial charge is 0.310 e. The van der Waals surface area contributed by atoms with Crippen molar-refractivity contribution in [2.45, 2.75) is 50.6 Å². The Balaban J connectivity index is 1.49. The van der Waals surface area contributed by atoms with E-state index in [4.69, 9.17) is 0 Å². The highest BCUT2D eigenvalue weighted by molar-refractivity contribution is 4.96. The van der Waals surface area contributed by atoms with Crippen LogP contribution in [0.25, 0.3) is 0 Å². The van der Waals surface area contributed by atoms with Crippen LogP contribution in [0.1, 0.15) is 39.0 Å². The Labute approximate surface area is 106 Å². The molecule has 1 aliphatic carbocycles. The minimum atomic E-state index is 0.446. The van der Waals surface area contributed by atoms with E-state index in [2.05, 4.69) is 22.0 Å². The summed E-state index contributed by atoms with van der Waals surface area (Å²) < 4.78 is 0. The lowest BCUT2D eigenvalue weighted by Gasteiger charge is -2.40. The zero-order valence-electron chi connectivity index (χ0n) is 11.2. The Hall–Kier alpha value is -0.120. The van der Waals surface area contributed by atoms with Crippen molar-refractivity contribution in [1.82, 2.24) is 15.1 Å². The first-order chi connectivity index (χ1) is 8.31. The number of nitrogens with one attached hydrogen (secondary N) is 1. The highest BCUT2D eigenvalue weighted by Crippen LogP contribution is 2.29. The molecule has 0 aromatic heterocycles. The molecule has 0 bridgehead atoms. The molecule has 1 N–H and O–H groups in total. The molecule has 1 atom stereocenters. The van der Waals surface area contributed by atoms with Crippen LogP contribution < -0.4 is 5.32 Å². The van der Waals surface area contributed by atoms with E-state index in [9.17, 15) is 0 Å². The van der Waals surface area contributed by atoms with Gasteiger partial charge >= 0.3 is 0 Å². The van der Waals surface area contributed by atoms with Gasteiger partial charge in [-0.05, 0) is 38.6 Å². The Bertz CT molecular complexity index is 248. The molecule has 0 aromatic rings. The lowest BCUT2D eigenvalue weighted by atomic mass is 9.93. The monoisotopic (exact) mass is 237 g/mol. The highest BCUT2D eigenvalue weighted by atomic mass is 15.3. The maximum absolute atomic E-state index is 3.76. The summed E-state index contributed by atoms with van der Waals surface area (Å²) in [6, 6.07) is 0.960. The molecule has 0 amide bonds. The Kier molecular flexibility index (Phi) is 3.42. The summed E-state index contributed by atoms with van der Waals surface area (Å²) in [7, 11) is 0. The van der Waals surface area contributed by atoms with Crippen molar-refractivity contribution in [1.29, 1.82) is 0 Å². The molecule has 3 fully saturated rings. The molecular formula is C14H27N3. The predicted octanol–water partition coefficient (Wildman–Crippen LogP) is 1.30. The average Bonchev–Trinajstić information content (AvgIpc) is 3.11. The van der Waals surface area contributed by atoms with E-state index >= 15 is 0 Å². The van der Waals surface area contributed by atoms with Crippen molar-refractivity contribution < 1.29 is 0 Å². The van der Waals surface area contributed by atoms with Gasteiger partial charge in [0.05, 0.1) is 0 Å². The molecule has 2 saturated heterocycles. The van der Waals surface area contributed by atoms with Crippen LogP contribution in [0.4, 0.5) is 0 Å². The van der Waals surface area contributed by atoms with Gasteiger partial charge in [-0.15, -0.1) is 0 Å². The van der Waals surface area contributed by atoms with Crippen LogP contribution in [0.3, 0.4) is 0 Å². The molecule has 3 nitrogen and oxygen atoms in total. The van der Waals surface area contributed by atoms with Gasteiger partial charge in [0.2, 0.25) is 0 Å². The molecule has 3 aliphatic rings. The number of hydrogen-bond acceptors (Lipinski definition) is 3. The first-order valence-corrected chi connectivity index (χ1v) is 7.53. The highest BCUT2D eigenvalue weighted by Gasteiger charge is 2.36. The van der Waals surface area contributed by atoms with Gasteiger partial charge in [-0.3, -0.25) is 9.80 Å². The molecule has 0 aromatic carbocycles. The Morgan fingerprint density at radius 1 is 1.18 bits per heavy atom. The van der Waals surface area contributed by atoms with Crippen LogP contribution in [0.2, 0.25) is 0 Å². The quantitative estimate of drug-likeness (QED) is 0.795. The van der Waals surface area contributed by atoms with Crippen molar-refractivity contribution in [2.75, 3.05) is 39.3 Å². The summed E-state index contributed by atoms with van der Waals surface area (Å²) in [5, 5.41) is 3.76. The van der Waals surface area contributed by atoms with Crippen molar-refractivity contribution >= 4 is 0 Å². The molecule has 0 radical (unpaired) electrons. The maximum Gasteiger partial charge on any atom is 0.0306 e. The Morgan fingerprint density at radius 2 is 1.94 bits per heavy atom. The van der Waals surface area contributed by atoms with E-state index in [1.807, 2.05) is 0 Å². The van der Waals surface area contributed by atoms with Crippen LogP contribution in [0.15, 0.2) is 0 Å². The molecule has 1 saturated carbocycles. The van der Waals surface area contributed by atoms with E-state index in [0.29, 0.717) is 5.54 Å². The fourth-order valence-electron chi connectivity index (χ4n) is 3.57. The third kappa shape index (κ3) is 2.67. The van der Waals surface area contributed by atoms with Gasteiger partial charge in [0.25, 0.3) is 0 Å². The second kappa shape index (κ2) is 4.87. The summed E-state index contributed by atoms with van der Waals surface area (Å²) in [6.07, 6.45) is 6.96. The first-order valence-electron chi connectivity index (χ1n) is 7.53. The van der Waals surface area contributed by atoms with Crippen LogP contribution >= 0.6 is 0 Å². The van der Waals surface area contributed by atoms with Gasteiger partial charge in [-0.1, -0.05) is 6.92 Å². The minimum absolute atomic E-state index is 0.446. The third-order valence-corrected chi connectivity index (χ3v) is 5.01. The predicted molar refractivity (Wildman–Crippen MR) is 71.3 cm³/mol. The van der Waals surface area contributed by atoms with Crippen LogP contribution in [-0.2, 0) is 0 Å². The fraction of sp³-hybridized carbons (Fsp3) is 1.00. The van der Waals surface area contributed by atoms with Gasteiger partial charge in [0.15, 0.2) is 0 Å². The minimum Gasteiger partial charge on any atom is -0.310 e. The summed E-state index contributed by atoms with van der Waals surface area (Å²) >= 11 is 0. The van der Waals surface area contributed by atoms with Gasteiger partial charge in [-0.2, -0.15) is 0 Å². The van der Waals surface area contributed by atoms with Crippen molar-refractivity contribution in [2.24, 2.45) is 0 Å². The van der Waals surface area contributed by atoms with E-state index in [1.54, 1.807) is 0 Å². The number of nitrogens with zero attached hydrogens (tertiary/aromatic N) is 2. The summed E-state index contributed by atoms with van der Waals surface area (Å²) in [4.78, 5) is 5.40. The van der Waals surface area contributed by atoms with E-state index in [0.717, 1.165) is 6.04 Å². The summed E-state index contributed by atoms with van der Waals surface area (Å²) in [5.41, 5.74) is 0.446. The van der Waals surface area contributed by atoms with E-state index < -0.39 is 0 Å². The number of piperazine rings is 1.